The first kappa shape index (κ1) is 17.2. The van der Waals surface area contributed by atoms with Crippen LogP contribution in [-0.2, 0) is 0 Å². The van der Waals surface area contributed by atoms with Crippen LogP contribution in [0.15, 0.2) is 18.2 Å². The van der Waals surface area contributed by atoms with Crippen LogP contribution >= 0.6 is 0 Å². The Balaban J connectivity index is 1.82. The molecule has 1 aromatic carbocycles. The third kappa shape index (κ3) is 4.64. The Hall–Kier alpha value is -2.18. The van der Waals surface area contributed by atoms with Crippen molar-refractivity contribution < 1.29 is 18.4 Å². The number of nitrogens with zero attached hydrogens (tertiary/aromatic N) is 1. The largest absolute Gasteiger partial charge is 0.349 e. The molecular weight excluding hydrogens is 304 g/mol. The molecule has 2 N–H and O–H groups in total. The van der Waals surface area contributed by atoms with Crippen molar-refractivity contribution in [3.63, 3.8) is 0 Å². The lowest BCUT2D eigenvalue weighted by atomic mass is 10.0. The van der Waals surface area contributed by atoms with Gasteiger partial charge < -0.3 is 15.5 Å². The van der Waals surface area contributed by atoms with Gasteiger partial charge in [0.2, 0.25) is 0 Å². The molecule has 0 unspecified atom stereocenters. The average Bonchev–Trinajstić information content (AvgIpc) is 2.55. The number of rotatable bonds is 4. The van der Waals surface area contributed by atoms with Crippen molar-refractivity contribution in [2.75, 3.05) is 19.6 Å². The molecule has 2 rings (SSSR count). The van der Waals surface area contributed by atoms with Gasteiger partial charge >= 0.3 is 6.03 Å². The SMILES string of the molecule is CCCNC(=O)N1CCC(NC(=O)c2ccc(F)c(F)c2)CC1. The zero-order valence-corrected chi connectivity index (χ0v) is 13.1. The molecule has 1 fully saturated rings. The summed E-state index contributed by atoms with van der Waals surface area (Å²) in [6.07, 6.45) is 2.15. The van der Waals surface area contributed by atoms with E-state index in [0.717, 1.165) is 18.6 Å². The van der Waals surface area contributed by atoms with Gasteiger partial charge in [-0.1, -0.05) is 6.92 Å². The van der Waals surface area contributed by atoms with Gasteiger partial charge in [0.15, 0.2) is 11.6 Å². The van der Waals surface area contributed by atoms with Gasteiger partial charge in [-0.25, -0.2) is 13.6 Å². The molecular formula is C16H21F2N3O2. The van der Waals surface area contributed by atoms with Crippen molar-refractivity contribution in [1.82, 2.24) is 15.5 Å². The maximum atomic E-state index is 13.2. The summed E-state index contributed by atoms with van der Waals surface area (Å²) < 4.78 is 26.0. The van der Waals surface area contributed by atoms with Crippen LogP contribution in [0.1, 0.15) is 36.5 Å². The summed E-state index contributed by atoms with van der Waals surface area (Å²) in [6.45, 7) is 3.74. The van der Waals surface area contributed by atoms with E-state index in [1.807, 2.05) is 6.92 Å². The van der Waals surface area contributed by atoms with Crippen LogP contribution < -0.4 is 10.6 Å². The number of halogens is 2. The fraction of sp³-hybridized carbons (Fsp3) is 0.500. The van der Waals surface area contributed by atoms with Crippen LogP contribution in [0.25, 0.3) is 0 Å². The Morgan fingerprint density at radius 2 is 1.91 bits per heavy atom. The van der Waals surface area contributed by atoms with Crippen LogP contribution in [0, 0.1) is 11.6 Å². The van der Waals surface area contributed by atoms with Crippen molar-refractivity contribution >= 4 is 11.9 Å². The first-order valence-corrected chi connectivity index (χ1v) is 7.80. The third-order valence-corrected chi connectivity index (χ3v) is 3.83. The highest BCUT2D eigenvalue weighted by Crippen LogP contribution is 2.13. The Labute approximate surface area is 134 Å². The second-order valence-corrected chi connectivity index (χ2v) is 5.60. The molecule has 0 aliphatic carbocycles. The lowest BCUT2D eigenvalue weighted by Gasteiger charge is -2.32. The van der Waals surface area contributed by atoms with Crippen molar-refractivity contribution in [1.29, 1.82) is 0 Å². The average molecular weight is 325 g/mol. The number of carbonyl (C=O) groups excluding carboxylic acids is 2. The number of benzene rings is 1. The molecule has 5 nitrogen and oxygen atoms in total. The summed E-state index contributed by atoms with van der Waals surface area (Å²) in [5.41, 5.74) is 0.0898. The molecule has 3 amide bonds. The Kier molecular flexibility index (Phi) is 5.90. The second-order valence-electron chi connectivity index (χ2n) is 5.60. The predicted molar refractivity (Wildman–Crippen MR) is 82.1 cm³/mol. The highest BCUT2D eigenvalue weighted by atomic mass is 19.2. The lowest BCUT2D eigenvalue weighted by Crippen LogP contribution is -2.49. The maximum Gasteiger partial charge on any atom is 0.317 e. The topological polar surface area (TPSA) is 61.4 Å². The smallest absolute Gasteiger partial charge is 0.317 e. The summed E-state index contributed by atoms with van der Waals surface area (Å²) in [5.74, 6) is -2.45. The molecule has 0 saturated carbocycles. The van der Waals surface area contributed by atoms with E-state index in [1.54, 1.807) is 4.90 Å². The van der Waals surface area contributed by atoms with Crippen molar-refractivity contribution in [3.05, 3.63) is 35.4 Å². The Morgan fingerprint density at radius 1 is 1.22 bits per heavy atom. The molecule has 0 bridgehead atoms. The van der Waals surface area contributed by atoms with Crippen molar-refractivity contribution in [2.24, 2.45) is 0 Å². The normalized spacial score (nSPS) is 15.3. The fourth-order valence-corrected chi connectivity index (χ4v) is 2.48. The number of hydrogen-bond acceptors (Lipinski definition) is 2. The number of likely N-dealkylation sites (tertiary alicyclic amines) is 1. The molecule has 0 aromatic heterocycles. The molecule has 1 aromatic rings. The summed E-state index contributed by atoms with van der Waals surface area (Å²) in [4.78, 5) is 25.6. The highest BCUT2D eigenvalue weighted by Gasteiger charge is 2.24. The minimum atomic E-state index is -1.04. The summed E-state index contributed by atoms with van der Waals surface area (Å²) in [7, 11) is 0. The van der Waals surface area contributed by atoms with Crippen LogP contribution in [0.2, 0.25) is 0 Å². The first-order valence-electron chi connectivity index (χ1n) is 7.80. The van der Waals surface area contributed by atoms with E-state index >= 15 is 0 Å². The number of carbonyl (C=O) groups is 2. The quantitative estimate of drug-likeness (QED) is 0.892. The van der Waals surface area contributed by atoms with Crippen LogP contribution in [0.4, 0.5) is 13.6 Å². The zero-order chi connectivity index (χ0) is 16.8. The lowest BCUT2D eigenvalue weighted by molar-refractivity contribution is 0.0917. The van der Waals surface area contributed by atoms with Crippen LogP contribution in [-0.4, -0.2) is 42.5 Å². The van der Waals surface area contributed by atoms with Gasteiger partial charge in [-0.2, -0.15) is 0 Å². The van der Waals surface area contributed by atoms with Crippen LogP contribution in [0.5, 0.6) is 0 Å². The van der Waals surface area contributed by atoms with Crippen molar-refractivity contribution in [2.45, 2.75) is 32.2 Å². The van der Waals surface area contributed by atoms with E-state index in [4.69, 9.17) is 0 Å². The monoisotopic (exact) mass is 325 g/mol. The molecule has 0 spiro atoms. The molecule has 23 heavy (non-hydrogen) atoms. The maximum absolute atomic E-state index is 13.2. The van der Waals surface area contributed by atoms with E-state index in [9.17, 15) is 18.4 Å². The van der Waals surface area contributed by atoms with Gasteiger partial charge in [-0.3, -0.25) is 4.79 Å². The molecule has 1 saturated heterocycles. The predicted octanol–water partition coefficient (Wildman–Crippen LogP) is 2.28. The minimum Gasteiger partial charge on any atom is -0.349 e. The Bertz CT molecular complexity index is 572. The van der Waals surface area contributed by atoms with E-state index in [1.165, 1.54) is 6.07 Å². The molecule has 0 radical (unpaired) electrons. The van der Waals surface area contributed by atoms with Crippen LogP contribution in [0.3, 0.4) is 0 Å². The van der Waals surface area contributed by atoms with Gasteiger partial charge in [-0.05, 0) is 37.5 Å². The molecule has 1 aliphatic heterocycles. The molecule has 1 aliphatic rings. The number of hydrogen-bond donors (Lipinski definition) is 2. The molecule has 1 heterocycles. The van der Waals surface area contributed by atoms with E-state index < -0.39 is 17.5 Å². The third-order valence-electron chi connectivity index (χ3n) is 3.83. The van der Waals surface area contributed by atoms with Crippen molar-refractivity contribution in [3.8, 4) is 0 Å². The van der Waals surface area contributed by atoms with Gasteiger partial charge in [0, 0.05) is 31.2 Å². The number of nitrogens with one attached hydrogen (secondary N) is 2. The standard InChI is InChI=1S/C16H21F2N3O2/c1-2-7-19-16(23)21-8-5-12(6-9-21)20-15(22)11-3-4-13(17)14(18)10-11/h3-4,10,12H,2,5-9H2,1H3,(H,19,23)(H,20,22). The van der Waals surface area contributed by atoms with E-state index in [2.05, 4.69) is 10.6 Å². The molecule has 126 valence electrons. The van der Waals surface area contributed by atoms with Gasteiger partial charge in [0.1, 0.15) is 0 Å². The molecule has 0 atom stereocenters. The first-order chi connectivity index (χ1) is 11.0. The summed E-state index contributed by atoms with van der Waals surface area (Å²) >= 11 is 0. The van der Waals surface area contributed by atoms with E-state index in [0.29, 0.717) is 32.5 Å². The second kappa shape index (κ2) is 7.89. The number of amides is 3. The number of urea groups is 1. The molecule has 7 heteroatoms. The summed E-state index contributed by atoms with van der Waals surface area (Å²) in [6, 6.07) is 2.91. The fourth-order valence-electron chi connectivity index (χ4n) is 2.48. The van der Waals surface area contributed by atoms with Gasteiger partial charge in [-0.15, -0.1) is 0 Å². The number of piperidine rings is 1. The Morgan fingerprint density at radius 3 is 2.52 bits per heavy atom. The van der Waals surface area contributed by atoms with E-state index in [-0.39, 0.29) is 17.6 Å². The minimum absolute atomic E-state index is 0.0779. The summed E-state index contributed by atoms with van der Waals surface area (Å²) in [5, 5.41) is 5.62. The zero-order valence-electron chi connectivity index (χ0n) is 13.1. The van der Waals surface area contributed by atoms with Gasteiger partial charge in [0.25, 0.3) is 5.91 Å². The highest BCUT2D eigenvalue weighted by molar-refractivity contribution is 5.94. The van der Waals surface area contributed by atoms with Gasteiger partial charge in [0.05, 0.1) is 0 Å².